The first-order valence-electron chi connectivity index (χ1n) is 7.42. The zero-order chi connectivity index (χ0) is 13.7. The van der Waals surface area contributed by atoms with Crippen LogP contribution in [0, 0.1) is 5.92 Å². The lowest BCUT2D eigenvalue weighted by Gasteiger charge is -2.39. The van der Waals surface area contributed by atoms with Crippen molar-refractivity contribution in [1.82, 2.24) is 9.80 Å². The van der Waals surface area contributed by atoms with Gasteiger partial charge in [0.25, 0.3) is 0 Å². The van der Waals surface area contributed by atoms with Crippen LogP contribution < -0.4 is 5.73 Å². The van der Waals surface area contributed by atoms with Gasteiger partial charge >= 0.3 is 0 Å². The van der Waals surface area contributed by atoms with Crippen LogP contribution in [0.1, 0.15) is 25.5 Å². The van der Waals surface area contributed by atoms with Crippen LogP contribution in [-0.2, 0) is 0 Å². The fraction of sp³-hybridized carbons (Fsp3) is 0.625. The molecule has 0 spiro atoms. The number of rotatable bonds is 5. The second-order valence-electron chi connectivity index (χ2n) is 5.89. The standard InChI is InChI=1S/C16H27N3/c1-14(2)13-18-8-10-19(11-9-18)16(12-17)15-6-4-3-5-7-15/h3-7,14,16H,8-13,17H2,1-2H3. The Labute approximate surface area is 117 Å². The van der Waals surface area contributed by atoms with E-state index in [2.05, 4.69) is 54.0 Å². The van der Waals surface area contributed by atoms with E-state index in [9.17, 15) is 0 Å². The van der Waals surface area contributed by atoms with Gasteiger partial charge < -0.3 is 10.6 Å². The molecule has 1 aromatic carbocycles. The third kappa shape index (κ3) is 4.03. The van der Waals surface area contributed by atoms with Gasteiger partial charge in [0.05, 0.1) is 0 Å². The van der Waals surface area contributed by atoms with Gasteiger partial charge in [-0.1, -0.05) is 44.2 Å². The van der Waals surface area contributed by atoms with Crippen molar-refractivity contribution in [3.63, 3.8) is 0 Å². The molecule has 3 heteroatoms. The first kappa shape index (κ1) is 14.5. The van der Waals surface area contributed by atoms with E-state index in [4.69, 9.17) is 5.73 Å². The van der Waals surface area contributed by atoms with E-state index < -0.39 is 0 Å². The molecule has 1 heterocycles. The molecule has 1 aromatic rings. The molecule has 2 N–H and O–H groups in total. The highest BCUT2D eigenvalue weighted by molar-refractivity contribution is 5.19. The smallest absolute Gasteiger partial charge is 0.0471 e. The normalized spacial score (nSPS) is 19.8. The number of hydrogen-bond acceptors (Lipinski definition) is 3. The molecule has 106 valence electrons. The van der Waals surface area contributed by atoms with Gasteiger partial charge in [0.15, 0.2) is 0 Å². The monoisotopic (exact) mass is 261 g/mol. The summed E-state index contributed by atoms with van der Waals surface area (Å²) < 4.78 is 0. The Kier molecular flexibility index (Phi) is 5.37. The number of piperazine rings is 1. The summed E-state index contributed by atoms with van der Waals surface area (Å²) in [5.74, 6) is 0.756. The van der Waals surface area contributed by atoms with Crippen LogP contribution in [0.4, 0.5) is 0 Å². The highest BCUT2D eigenvalue weighted by Crippen LogP contribution is 2.21. The quantitative estimate of drug-likeness (QED) is 0.879. The maximum absolute atomic E-state index is 6.00. The van der Waals surface area contributed by atoms with Crippen LogP contribution in [0.3, 0.4) is 0 Å². The SMILES string of the molecule is CC(C)CN1CCN(C(CN)c2ccccc2)CC1. The molecule has 1 atom stereocenters. The first-order valence-corrected chi connectivity index (χ1v) is 7.42. The zero-order valence-corrected chi connectivity index (χ0v) is 12.3. The Bertz CT molecular complexity index is 356. The zero-order valence-electron chi connectivity index (χ0n) is 12.3. The second kappa shape index (κ2) is 7.04. The third-order valence-electron chi connectivity index (χ3n) is 3.88. The summed E-state index contributed by atoms with van der Waals surface area (Å²) in [6.07, 6.45) is 0. The molecule has 0 radical (unpaired) electrons. The van der Waals surface area contributed by atoms with Crippen molar-refractivity contribution >= 4 is 0 Å². The number of nitrogens with two attached hydrogens (primary N) is 1. The van der Waals surface area contributed by atoms with Crippen molar-refractivity contribution in [3.05, 3.63) is 35.9 Å². The molecule has 2 rings (SSSR count). The summed E-state index contributed by atoms with van der Waals surface area (Å²) in [6, 6.07) is 11.0. The lowest BCUT2D eigenvalue weighted by atomic mass is 10.0. The van der Waals surface area contributed by atoms with Gasteiger partial charge in [-0.25, -0.2) is 0 Å². The molecule has 1 unspecified atom stereocenters. The van der Waals surface area contributed by atoms with E-state index in [1.165, 1.54) is 25.2 Å². The van der Waals surface area contributed by atoms with Gasteiger partial charge in [0.1, 0.15) is 0 Å². The predicted octanol–water partition coefficient (Wildman–Crippen LogP) is 1.96. The minimum atomic E-state index is 0.377. The number of hydrogen-bond donors (Lipinski definition) is 1. The van der Waals surface area contributed by atoms with Crippen LogP contribution in [-0.4, -0.2) is 49.1 Å². The van der Waals surface area contributed by atoms with E-state index in [1.807, 2.05) is 0 Å². The molecule has 0 bridgehead atoms. The van der Waals surface area contributed by atoms with E-state index in [-0.39, 0.29) is 0 Å². The third-order valence-corrected chi connectivity index (χ3v) is 3.88. The van der Waals surface area contributed by atoms with Gasteiger partial charge in [-0.15, -0.1) is 0 Å². The van der Waals surface area contributed by atoms with E-state index in [1.54, 1.807) is 0 Å². The van der Waals surface area contributed by atoms with Crippen LogP contribution >= 0.6 is 0 Å². The predicted molar refractivity (Wildman–Crippen MR) is 81.1 cm³/mol. The molecule has 0 saturated carbocycles. The van der Waals surface area contributed by atoms with Crippen molar-refractivity contribution in [2.75, 3.05) is 39.3 Å². The van der Waals surface area contributed by atoms with Gasteiger partial charge in [-0.05, 0) is 11.5 Å². The largest absolute Gasteiger partial charge is 0.329 e. The Morgan fingerprint density at radius 1 is 1.05 bits per heavy atom. The van der Waals surface area contributed by atoms with Crippen LogP contribution in [0.2, 0.25) is 0 Å². The highest BCUT2D eigenvalue weighted by Gasteiger charge is 2.24. The molecular formula is C16H27N3. The molecule has 1 fully saturated rings. The Morgan fingerprint density at radius 3 is 2.21 bits per heavy atom. The summed E-state index contributed by atoms with van der Waals surface area (Å²) in [7, 11) is 0. The average Bonchev–Trinajstić information content (AvgIpc) is 2.42. The fourth-order valence-corrected chi connectivity index (χ4v) is 2.95. The summed E-state index contributed by atoms with van der Waals surface area (Å²) >= 11 is 0. The highest BCUT2D eigenvalue weighted by atomic mass is 15.3. The molecule has 1 aliphatic heterocycles. The van der Waals surface area contributed by atoms with Crippen molar-refractivity contribution in [3.8, 4) is 0 Å². The Hall–Kier alpha value is -0.900. The topological polar surface area (TPSA) is 32.5 Å². The van der Waals surface area contributed by atoms with E-state index in [0.717, 1.165) is 19.0 Å². The molecule has 3 nitrogen and oxygen atoms in total. The van der Waals surface area contributed by atoms with Gasteiger partial charge in [-0.2, -0.15) is 0 Å². The number of nitrogens with zero attached hydrogens (tertiary/aromatic N) is 2. The Balaban J connectivity index is 1.92. The van der Waals surface area contributed by atoms with Crippen molar-refractivity contribution in [2.45, 2.75) is 19.9 Å². The first-order chi connectivity index (χ1) is 9.20. The fourth-order valence-electron chi connectivity index (χ4n) is 2.95. The summed E-state index contributed by atoms with van der Waals surface area (Å²) in [6.45, 7) is 11.1. The van der Waals surface area contributed by atoms with Crippen molar-refractivity contribution in [1.29, 1.82) is 0 Å². The molecule has 0 aromatic heterocycles. The van der Waals surface area contributed by atoms with Gasteiger partial charge in [-0.3, -0.25) is 4.90 Å². The van der Waals surface area contributed by atoms with Gasteiger partial charge in [0, 0.05) is 45.3 Å². The molecule has 1 saturated heterocycles. The lowest BCUT2D eigenvalue weighted by Crippen LogP contribution is -2.49. The number of benzene rings is 1. The van der Waals surface area contributed by atoms with Gasteiger partial charge in [0.2, 0.25) is 0 Å². The second-order valence-corrected chi connectivity index (χ2v) is 5.89. The van der Waals surface area contributed by atoms with Crippen LogP contribution in [0.25, 0.3) is 0 Å². The van der Waals surface area contributed by atoms with E-state index >= 15 is 0 Å². The van der Waals surface area contributed by atoms with Crippen molar-refractivity contribution < 1.29 is 0 Å². The minimum absolute atomic E-state index is 0.377. The molecular weight excluding hydrogens is 234 g/mol. The maximum atomic E-state index is 6.00. The maximum Gasteiger partial charge on any atom is 0.0471 e. The molecule has 19 heavy (non-hydrogen) atoms. The summed E-state index contributed by atoms with van der Waals surface area (Å²) in [5.41, 5.74) is 7.35. The van der Waals surface area contributed by atoms with Crippen LogP contribution in [0.15, 0.2) is 30.3 Å². The molecule has 0 aliphatic carbocycles. The molecule has 0 amide bonds. The molecule has 1 aliphatic rings. The minimum Gasteiger partial charge on any atom is -0.329 e. The summed E-state index contributed by atoms with van der Waals surface area (Å²) in [4.78, 5) is 5.10. The Morgan fingerprint density at radius 2 is 1.68 bits per heavy atom. The lowest BCUT2D eigenvalue weighted by molar-refractivity contribution is 0.0912. The van der Waals surface area contributed by atoms with Crippen LogP contribution in [0.5, 0.6) is 0 Å². The summed E-state index contributed by atoms with van der Waals surface area (Å²) in [5, 5.41) is 0. The van der Waals surface area contributed by atoms with Crippen molar-refractivity contribution in [2.24, 2.45) is 11.7 Å². The average molecular weight is 261 g/mol. The van der Waals surface area contributed by atoms with E-state index in [0.29, 0.717) is 12.6 Å².